The molecule has 1 saturated carbocycles. The fourth-order valence-corrected chi connectivity index (χ4v) is 3.33. The third kappa shape index (κ3) is 6.87. The Morgan fingerprint density at radius 2 is 1.89 bits per heavy atom. The molecule has 0 heterocycles. The molecule has 1 aliphatic carbocycles. The molecule has 1 aliphatic rings. The number of hydrogen-bond donors (Lipinski definition) is 3. The number of nitrogens with one attached hydrogen (secondary N) is 3. The van der Waals surface area contributed by atoms with E-state index in [1.807, 2.05) is 39.0 Å². The van der Waals surface area contributed by atoms with Crippen molar-refractivity contribution in [2.24, 2.45) is 11.3 Å². The number of anilines is 3. The van der Waals surface area contributed by atoms with Crippen molar-refractivity contribution in [1.82, 2.24) is 0 Å². The fraction of sp³-hybridized carbons (Fsp3) is 0.650. The van der Waals surface area contributed by atoms with Gasteiger partial charge in [0.2, 0.25) is 11.8 Å². The van der Waals surface area contributed by atoms with Crippen LogP contribution in [0.5, 0.6) is 0 Å². The highest BCUT2D eigenvalue weighted by Crippen LogP contribution is 2.37. The maximum absolute atomic E-state index is 13.3. The summed E-state index contributed by atoms with van der Waals surface area (Å²) in [5, 5.41) is 6.35. The molecular weight excluding hydrogens is 368 g/mol. The van der Waals surface area contributed by atoms with Gasteiger partial charge in [0.05, 0.1) is 11.4 Å². The van der Waals surface area contributed by atoms with E-state index in [0.717, 1.165) is 17.1 Å². The van der Waals surface area contributed by atoms with E-state index in [9.17, 15) is 13.6 Å². The molecule has 3 N–H and O–H groups in total. The second-order valence-electron chi connectivity index (χ2n) is 8.18. The summed E-state index contributed by atoms with van der Waals surface area (Å²) >= 11 is 1.58. The lowest BCUT2D eigenvalue weighted by Crippen LogP contribution is -2.29. The van der Waals surface area contributed by atoms with Crippen molar-refractivity contribution in [3.63, 3.8) is 0 Å². The molecule has 0 aromatic heterocycles. The first-order valence-corrected chi connectivity index (χ1v) is 10.5. The van der Waals surface area contributed by atoms with Gasteiger partial charge in [0.25, 0.3) is 0 Å². The lowest BCUT2D eigenvalue weighted by Gasteiger charge is -2.29. The van der Waals surface area contributed by atoms with Crippen LogP contribution in [0, 0.1) is 11.3 Å². The summed E-state index contributed by atoms with van der Waals surface area (Å²) in [6.07, 6.45) is 0.973. The van der Waals surface area contributed by atoms with Gasteiger partial charge in [-0.25, -0.2) is 8.78 Å². The minimum absolute atomic E-state index is 0.0376. The Morgan fingerprint density at radius 1 is 1.22 bits per heavy atom. The molecule has 27 heavy (non-hydrogen) atoms. The molecule has 7 heteroatoms. The normalized spacial score (nSPS) is 17.4. The third-order valence-electron chi connectivity index (χ3n) is 4.70. The molecule has 1 fully saturated rings. The van der Waals surface area contributed by atoms with Gasteiger partial charge in [-0.15, -0.1) is 0 Å². The van der Waals surface area contributed by atoms with E-state index >= 15 is 0 Å². The van der Waals surface area contributed by atoms with Crippen molar-refractivity contribution in [3.8, 4) is 0 Å². The van der Waals surface area contributed by atoms with Gasteiger partial charge in [0.15, 0.2) is 0 Å². The minimum atomic E-state index is -2.51. The number of carbonyl (C=O) groups excluding carboxylic acids is 1. The van der Waals surface area contributed by atoms with Crippen LogP contribution < -0.4 is 15.4 Å². The van der Waals surface area contributed by atoms with Crippen LogP contribution in [0.15, 0.2) is 18.2 Å². The van der Waals surface area contributed by atoms with Gasteiger partial charge in [-0.05, 0) is 37.0 Å². The van der Waals surface area contributed by atoms with Gasteiger partial charge in [-0.2, -0.15) is 0 Å². The predicted octanol–water partition coefficient (Wildman–Crippen LogP) is 5.99. The molecule has 0 radical (unpaired) electrons. The first-order valence-electron chi connectivity index (χ1n) is 9.56. The Labute approximate surface area is 165 Å². The number of hydrogen-bond acceptors (Lipinski definition) is 4. The molecule has 0 unspecified atom stereocenters. The number of benzene rings is 1. The summed E-state index contributed by atoms with van der Waals surface area (Å²) in [6.45, 7) is 8.29. The van der Waals surface area contributed by atoms with Crippen LogP contribution in [0.2, 0.25) is 0 Å². The van der Waals surface area contributed by atoms with Crippen LogP contribution in [0.3, 0.4) is 0 Å². The molecule has 2 rings (SSSR count). The Bertz CT molecular complexity index is 637. The zero-order valence-electron chi connectivity index (χ0n) is 16.6. The quantitative estimate of drug-likeness (QED) is 0.493. The van der Waals surface area contributed by atoms with Gasteiger partial charge >= 0.3 is 0 Å². The molecule has 0 bridgehead atoms. The SMILES string of the molecule is CCSNc1ccc(NCC2CCC(F)(F)CC2)c(NC(=O)C(C)(C)C)c1. The third-order valence-corrected chi connectivity index (χ3v) is 5.37. The van der Waals surface area contributed by atoms with Crippen molar-refractivity contribution < 1.29 is 13.6 Å². The molecule has 0 saturated heterocycles. The van der Waals surface area contributed by atoms with Gasteiger partial charge < -0.3 is 15.4 Å². The highest BCUT2D eigenvalue weighted by molar-refractivity contribution is 8.00. The molecule has 0 aliphatic heterocycles. The van der Waals surface area contributed by atoms with E-state index in [1.54, 1.807) is 11.9 Å². The first-order chi connectivity index (χ1) is 12.6. The number of halogens is 2. The van der Waals surface area contributed by atoms with Crippen molar-refractivity contribution in [1.29, 1.82) is 0 Å². The van der Waals surface area contributed by atoms with Gasteiger partial charge in [-0.3, -0.25) is 4.79 Å². The van der Waals surface area contributed by atoms with Crippen LogP contribution in [0.4, 0.5) is 25.8 Å². The van der Waals surface area contributed by atoms with Crippen LogP contribution in [-0.4, -0.2) is 24.1 Å². The number of alkyl halides is 2. The zero-order chi connectivity index (χ0) is 20.1. The average Bonchev–Trinajstić information content (AvgIpc) is 2.59. The lowest BCUT2D eigenvalue weighted by atomic mass is 9.87. The first kappa shape index (κ1) is 21.8. The monoisotopic (exact) mass is 399 g/mol. The van der Waals surface area contributed by atoms with Gasteiger partial charge in [0, 0.05) is 36.2 Å². The topological polar surface area (TPSA) is 53.2 Å². The summed E-state index contributed by atoms with van der Waals surface area (Å²) in [5.41, 5.74) is 1.93. The van der Waals surface area contributed by atoms with Gasteiger partial charge in [-0.1, -0.05) is 39.6 Å². The second-order valence-corrected chi connectivity index (χ2v) is 9.25. The second kappa shape index (κ2) is 9.13. The lowest BCUT2D eigenvalue weighted by molar-refractivity contribution is -0.123. The standard InChI is InChI=1S/C20H31F2N3OS/c1-5-27-25-15-6-7-16(17(12-15)24-18(26)19(2,3)4)23-13-14-8-10-20(21,22)11-9-14/h6-7,12,14,23,25H,5,8-11,13H2,1-4H3,(H,24,26). The predicted molar refractivity (Wildman–Crippen MR) is 112 cm³/mol. The van der Waals surface area contributed by atoms with Crippen molar-refractivity contribution >= 4 is 34.9 Å². The van der Waals surface area contributed by atoms with Crippen molar-refractivity contribution in [2.45, 2.75) is 59.3 Å². The van der Waals surface area contributed by atoms with E-state index in [4.69, 9.17) is 0 Å². The molecular formula is C20H31F2N3OS. The summed E-state index contributed by atoms with van der Waals surface area (Å²) in [7, 11) is 0. The summed E-state index contributed by atoms with van der Waals surface area (Å²) in [6, 6.07) is 5.78. The van der Waals surface area contributed by atoms with E-state index in [2.05, 4.69) is 22.3 Å². The maximum atomic E-state index is 13.3. The number of rotatable bonds is 7. The molecule has 1 amide bonds. The highest BCUT2D eigenvalue weighted by atomic mass is 32.2. The summed E-state index contributed by atoms with van der Waals surface area (Å²) in [5.74, 6) is -1.42. The molecule has 0 atom stereocenters. The molecule has 0 spiro atoms. The number of amides is 1. The van der Waals surface area contributed by atoms with Crippen LogP contribution in [-0.2, 0) is 4.79 Å². The van der Waals surface area contributed by atoms with E-state index in [-0.39, 0.29) is 24.7 Å². The molecule has 152 valence electrons. The van der Waals surface area contributed by atoms with Crippen molar-refractivity contribution in [2.75, 3.05) is 27.7 Å². The maximum Gasteiger partial charge on any atom is 0.248 e. The largest absolute Gasteiger partial charge is 0.383 e. The van der Waals surface area contributed by atoms with E-state index in [0.29, 0.717) is 25.1 Å². The van der Waals surface area contributed by atoms with Crippen molar-refractivity contribution in [3.05, 3.63) is 18.2 Å². The van der Waals surface area contributed by atoms with Crippen LogP contribution >= 0.6 is 11.9 Å². The fourth-order valence-electron chi connectivity index (χ4n) is 2.89. The smallest absolute Gasteiger partial charge is 0.248 e. The molecule has 1 aromatic rings. The van der Waals surface area contributed by atoms with Crippen LogP contribution in [0.25, 0.3) is 0 Å². The summed E-state index contributed by atoms with van der Waals surface area (Å²) in [4.78, 5) is 12.4. The average molecular weight is 400 g/mol. The zero-order valence-corrected chi connectivity index (χ0v) is 17.4. The highest BCUT2D eigenvalue weighted by Gasteiger charge is 2.34. The summed E-state index contributed by atoms with van der Waals surface area (Å²) < 4.78 is 29.9. The van der Waals surface area contributed by atoms with E-state index in [1.165, 1.54) is 0 Å². The number of carbonyl (C=O) groups is 1. The Balaban J connectivity index is 2.07. The van der Waals surface area contributed by atoms with Gasteiger partial charge in [0.1, 0.15) is 0 Å². The Kier molecular flexibility index (Phi) is 7.37. The Hall–Kier alpha value is -1.50. The van der Waals surface area contributed by atoms with E-state index < -0.39 is 11.3 Å². The van der Waals surface area contributed by atoms with Crippen LogP contribution in [0.1, 0.15) is 53.4 Å². The molecule has 1 aromatic carbocycles. The Morgan fingerprint density at radius 3 is 2.48 bits per heavy atom. The molecule has 4 nitrogen and oxygen atoms in total. The minimum Gasteiger partial charge on any atom is -0.383 e.